The molecular formula is C26H19Cl2N3OS. The van der Waals surface area contributed by atoms with Crippen LogP contribution in [-0.4, -0.2) is 10.9 Å². The predicted octanol–water partition coefficient (Wildman–Crippen LogP) is 7.52. The normalized spacial score (nSPS) is 15.2. The molecule has 0 aliphatic heterocycles. The zero-order valence-electron chi connectivity index (χ0n) is 17.8. The van der Waals surface area contributed by atoms with Crippen LogP contribution in [-0.2, 0) is 12.8 Å². The van der Waals surface area contributed by atoms with Crippen molar-refractivity contribution in [1.82, 2.24) is 4.98 Å². The number of fused-ring (bicyclic) bond motifs is 2. The molecule has 164 valence electrons. The van der Waals surface area contributed by atoms with Gasteiger partial charge >= 0.3 is 0 Å². The van der Waals surface area contributed by atoms with Crippen LogP contribution in [0.3, 0.4) is 0 Å². The van der Waals surface area contributed by atoms with Gasteiger partial charge in [-0.15, -0.1) is 11.3 Å². The summed E-state index contributed by atoms with van der Waals surface area (Å²) in [5.41, 5.74) is 4.12. The number of thiophene rings is 1. The molecule has 33 heavy (non-hydrogen) atoms. The van der Waals surface area contributed by atoms with Gasteiger partial charge in [0.2, 0.25) is 0 Å². The molecule has 2 heterocycles. The molecule has 0 fully saturated rings. The Morgan fingerprint density at radius 1 is 1.21 bits per heavy atom. The van der Waals surface area contributed by atoms with Crippen molar-refractivity contribution in [3.05, 3.63) is 80.1 Å². The van der Waals surface area contributed by atoms with Crippen molar-refractivity contribution in [2.45, 2.75) is 26.2 Å². The number of carbonyl (C=O) groups is 1. The van der Waals surface area contributed by atoms with E-state index in [9.17, 15) is 10.1 Å². The number of carbonyl (C=O) groups excluding carboxylic acids is 1. The Hall–Kier alpha value is -2.91. The molecule has 1 atom stereocenters. The average Bonchev–Trinajstić information content (AvgIpc) is 3.14. The van der Waals surface area contributed by atoms with Gasteiger partial charge in [0.25, 0.3) is 5.91 Å². The van der Waals surface area contributed by atoms with Crippen LogP contribution in [0, 0.1) is 17.2 Å². The average molecular weight is 492 g/mol. The summed E-state index contributed by atoms with van der Waals surface area (Å²) in [5.74, 6) is 0.310. The summed E-state index contributed by atoms with van der Waals surface area (Å²) in [5, 5.41) is 15.2. The Bertz CT molecular complexity index is 1450. The van der Waals surface area contributed by atoms with Crippen LogP contribution in [0.25, 0.3) is 22.2 Å². The van der Waals surface area contributed by atoms with Crippen molar-refractivity contribution in [1.29, 1.82) is 5.26 Å². The van der Waals surface area contributed by atoms with Gasteiger partial charge in [-0.25, -0.2) is 4.98 Å². The number of anilines is 1. The molecule has 0 radical (unpaired) electrons. The van der Waals surface area contributed by atoms with E-state index in [1.54, 1.807) is 24.3 Å². The number of nitriles is 1. The van der Waals surface area contributed by atoms with Crippen LogP contribution in [0.2, 0.25) is 10.0 Å². The molecule has 2 aromatic carbocycles. The van der Waals surface area contributed by atoms with Gasteiger partial charge in [0.15, 0.2) is 0 Å². The summed E-state index contributed by atoms with van der Waals surface area (Å²) >= 11 is 14.0. The standard InChI is InChI=1S/C26H19Cl2N3OS/c1-14-6-8-17-20(13-29)26(33-24(17)10-14)31-25(32)19-12-23(18-9-7-15(27)11-21(18)28)30-22-5-3-2-4-16(19)22/h2-5,7,9,11-12,14H,6,8,10H2,1H3,(H,31,32). The lowest BCUT2D eigenvalue weighted by Gasteiger charge is -2.17. The van der Waals surface area contributed by atoms with Gasteiger partial charge in [-0.05, 0) is 61.1 Å². The number of pyridine rings is 1. The number of hydrogen-bond donors (Lipinski definition) is 1. The highest BCUT2D eigenvalue weighted by molar-refractivity contribution is 7.16. The maximum Gasteiger partial charge on any atom is 0.257 e. The van der Waals surface area contributed by atoms with Crippen LogP contribution in [0.15, 0.2) is 48.5 Å². The topological polar surface area (TPSA) is 65.8 Å². The largest absolute Gasteiger partial charge is 0.312 e. The van der Waals surface area contributed by atoms with Gasteiger partial charge in [-0.3, -0.25) is 4.79 Å². The van der Waals surface area contributed by atoms with Crippen molar-refractivity contribution in [3.63, 3.8) is 0 Å². The Morgan fingerprint density at radius 2 is 2.03 bits per heavy atom. The molecule has 1 amide bonds. The molecule has 0 bridgehead atoms. The summed E-state index contributed by atoms with van der Waals surface area (Å²) in [4.78, 5) is 19.4. The summed E-state index contributed by atoms with van der Waals surface area (Å²) in [6, 6.07) is 16.8. The van der Waals surface area contributed by atoms with Crippen molar-refractivity contribution in [2.75, 3.05) is 5.32 Å². The molecule has 0 saturated carbocycles. The number of nitrogens with one attached hydrogen (secondary N) is 1. The van der Waals surface area contributed by atoms with Crippen molar-refractivity contribution < 1.29 is 4.79 Å². The van der Waals surface area contributed by atoms with Gasteiger partial charge in [-0.1, -0.05) is 48.3 Å². The van der Waals surface area contributed by atoms with Crippen molar-refractivity contribution in [2.24, 2.45) is 5.92 Å². The van der Waals surface area contributed by atoms with E-state index >= 15 is 0 Å². The first-order chi connectivity index (χ1) is 15.9. The minimum absolute atomic E-state index is 0.275. The monoisotopic (exact) mass is 491 g/mol. The van der Waals surface area contributed by atoms with Gasteiger partial charge < -0.3 is 5.32 Å². The quantitative estimate of drug-likeness (QED) is 0.322. The third kappa shape index (κ3) is 4.11. The molecular weight excluding hydrogens is 473 g/mol. The first-order valence-electron chi connectivity index (χ1n) is 10.7. The molecule has 1 N–H and O–H groups in total. The maximum atomic E-state index is 13.5. The molecule has 4 aromatic rings. The van der Waals surface area contributed by atoms with Crippen molar-refractivity contribution >= 4 is 56.3 Å². The van der Waals surface area contributed by atoms with E-state index in [4.69, 9.17) is 28.2 Å². The minimum Gasteiger partial charge on any atom is -0.312 e. The number of halogens is 2. The summed E-state index contributed by atoms with van der Waals surface area (Å²) in [7, 11) is 0. The molecule has 7 heteroatoms. The number of nitrogens with zero attached hydrogens (tertiary/aromatic N) is 2. The molecule has 1 unspecified atom stereocenters. The lowest BCUT2D eigenvalue weighted by molar-refractivity contribution is 0.102. The second-order valence-electron chi connectivity index (χ2n) is 8.32. The van der Waals surface area contributed by atoms with Gasteiger partial charge in [-0.2, -0.15) is 5.26 Å². The predicted molar refractivity (Wildman–Crippen MR) is 135 cm³/mol. The summed E-state index contributed by atoms with van der Waals surface area (Å²) in [6.07, 6.45) is 2.89. The SMILES string of the molecule is CC1CCc2c(sc(NC(=O)c3cc(-c4ccc(Cl)cc4Cl)nc4ccccc34)c2C#N)C1. The van der Waals surface area contributed by atoms with Crippen molar-refractivity contribution in [3.8, 4) is 17.3 Å². The zero-order chi connectivity index (χ0) is 23.1. The number of aromatic nitrogens is 1. The number of rotatable bonds is 3. The molecule has 5 rings (SSSR count). The highest BCUT2D eigenvalue weighted by Crippen LogP contribution is 2.40. The van der Waals surface area contributed by atoms with Crippen LogP contribution in [0.1, 0.15) is 39.7 Å². The number of amides is 1. The Kier molecular flexibility index (Phi) is 5.84. The maximum absolute atomic E-state index is 13.5. The fraction of sp³-hybridized carbons (Fsp3) is 0.192. The van der Waals surface area contributed by atoms with Gasteiger partial charge in [0.05, 0.1) is 27.4 Å². The molecule has 1 aliphatic rings. The molecule has 0 saturated heterocycles. The Morgan fingerprint density at radius 3 is 2.82 bits per heavy atom. The van der Waals surface area contributed by atoms with Crippen LogP contribution < -0.4 is 5.32 Å². The molecule has 1 aliphatic carbocycles. The lowest BCUT2D eigenvalue weighted by atomic mass is 9.88. The van der Waals surface area contributed by atoms with Crippen LogP contribution in [0.5, 0.6) is 0 Å². The van der Waals surface area contributed by atoms with Gasteiger partial charge in [0.1, 0.15) is 11.1 Å². The highest BCUT2D eigenvalue weighted by Gasteiger charge is 2.25. The molecule has 2 aromatic heterocycles. The van der Waals surface area contributed by atoms with E-state index in [0.29, 0.717) is 48.9 Å². The number of hydrogen-bond acceptors (Lipinski definition) is 4. The number of para-hydroxylation sites is 1. The fourth-order valence-corrected chi connectivity index (χ4v) is 6.19. The first-order valence-corrected chi connectivity index (χ1v) is 12.2. The molecule has 4 nitrogen and oxygen atoms in total. The smallest absolute Gasteiger partial charge is 0.257 e. The minimum atomic E-state index is -0.275. The Balaban J connectivity index is 1.59. The third-order valence-corrected chi connectivity index (χ3v) is 7.74. The van der Waals surface area contributed by atoms with E-state index in [0.717, 1.165) is 30.2 Å². The van der Waals surface area contributed by atoms with E-state index < -0.39 is 0 Å². The van der Waals surface area contributed by atoms with Crippen LogP contribution >= 0.6 is 34.5 Å². The van der Waals surface area contributed by atoms with E-state index in [-0.39, 0.29) is 5.91 Å². The van der Waals surface area contributed by atoms with E-state index in [1.165, 1.54) is 16.2 Å². The third-order valence-electron chi connectivity index (χ3n) is 6.02. The lowest BCUT2D eigenvalue weighted by Crippen LogP contribution is -2.13. The zero-order valence-corrected chi connectivity index (χ0v) is 20.1. The van der Waals surface area contributed by atoms with E-state index in [1.807, 2.05) is 24.3 Å². The Labute approximate surface area is 205 Å². The second kappa shape index (κ2) is 8.79. The fourth-order valence-electron chi connectivity index (χ4n) is 4.33. The van der Waals surface area contributed by atoms with E-state index in [2.05, 4.69) is 18.3 Å². The van der Waals surface area contributed by atoms with Gasteiger partial charge in [0, 0.05) is 20.8 Å². The number of benzene rings is 2. The summed E-state index contributed by atoms with van der Waals surface area (Å²) < 4.78 is 0. The second-order valence-corrected chi connectivity index (χ2v) is 10.3. The molecule has 0 spiro atoms. The highest BCUT2D eigenvalue weighted by atomic mass is 35.5. The first kappa shape index (κ1) is 21.9. The summed E-state index contributed by atoms with van der Waals surface area (Å²) in [6.45, 7) is 2.22. The van der Waals surface area contributed by atoms with Crippen LogP contribution in [0.4, 0.5) is 5.00 Å².